The molecule has 9 heteroatoms. The van der Waals surface area contributed by atoms with Gasteiger partial charge in [0.2, 0.25) is 0 Å². The number of aryl methyl sites for hydroxylation is 2. The van der Waals surface area contributed by atoms with Gasteiger partial charge in [-0.3, -0.25) is 9.59 Å². The van der Waals surface area contributed by atoms with E-state index in [1.807, 2.05) is 60.7 Å². The van der Waals surface area contributed by atoms with Gasteiger partial charge < -0.3 is 22.5 Å². The molecular formula is C20H30Cl2N2O4Pt. The number of carboxylic acid groups (broad SMARTS) is 2. The van der Waals surface area contributed by atoms with Crippen molar-refractivity contribution in [2.75, 3.05) is 0 Å². The first-order valence-electron chi connectivity index (χ1n) is 8.33. The molecule has 0 aliphatic carbocycles. The Balaban J connectivity index is -0.000000387. The molecule has 0 heterocycles. The average Bonchev–Trinajstić information content (AvgIpc) is 2.64. The van der Waals surface area contributed by atoms with Crippen LogP contribution in [0.3, 0.4) is 0 Å². The van der Waals surface area contributed by atoms with Crippen molar-refractivity contribution < 1.29 is 36.3 Å². The van der Waals surface area contributed by atoms with Crippen LogP contribution in [0, 0.1) is 0 Å². The fraction of sp³-hybridized carbons (Fsp3) is 0.300. The first kappa shape index (κ1) is 32.2. The zero-order chi connectivity index (χ0) is 20.3. The standard InChI is InChI=1S/2C10H12O2.2ClH.2H3N.Pt/c2*11-10(12)8-4-7-9-5-2-1-3-6-9;;;;;/h2*1-3,5-6H,4,7-8H2,(H,11,12);2*1H;2*1H3;/q;;;;;;+2/p-2. The molecule has 0 bridgehead atoms. The van der Waals surface area contributed by atoms with Crippen LogP contribution >= 0.6 is 18.8 Å². The average molecular weight is 628 g/mol. The first-order valence-corrected chi connectivity index (χ1v) is 14.0. The molecule has 0 atom stereocenters. The summed E-state index contributed by atoms with van der Waals surface area (Å²) in [6.45, 7) is 0. The Morgan fingerprint density at radius 2 is 0.966 bits per heavy atom. The van der Waals surface area contributed by atoms with E-state index in [0.717, 1.165) is 25.7 Å². The van der Waals surface area contributed by atoms with Gasteiger partial charge >= 0.3 is 47.3 Å². The quantitative estimate of drug-likeness (QED) is 0.287. The van der Waals surface area contributed by atoms with Crippen molar-refractivity contribution in [1.82, 2.24) is 12.3 Å². The molecule has 0 aromatic heterocycles. The van der Waals surface area contributed by atoms with Crippen LogP contribution in [0.1, 0.15) is 36.8 Å². The summed E-state index contributed by atoms with van der Waals surface area (Å²) in [5, 5.41) is 16.8. The van der Waals surface area contributed by atoms with Gasteiger partial charge in [0, 0.05) is 12.8 Å². The third-order valence-electron chi connectivity index (χ3n) is 3.40. The molecule has 2 rings (SSSR count). The molecule has 0 spiro atoms. The maximum atomic E-state index is 10.2. The number of carboxylic acids is 2. The van der Waals surface area contributed by atoms with Crippen LogP contribution in [0.2, 0.25) is 0 Å². The number of rotatable bonds is 8. The van der Waals surface area contributed by atoms with Crippen LogP contribution in [0.5, 0.6) is 0 Å². The molecule has 0 fully saturated rings. The Hall–Kier alpha value is -1.43. The summed E-state index contributed by atoms with van der Waals surface area (Å²) in [4.78, 5) is 20.4. The van der Waals surface area contributed by atoms with Crippen LogP contribution in [-0.4, -0.2) is 22.2 Å². The van der Waals surface area contributed by atoms with E-state index in [-0.39, 0.29) is 25.1 Å². The Labute approximate surface area is 189 Å². The van der Waals surface area contributed by atoms with Crippen molar-refractivity contribution in [3.05, 3.63) is 71.8 Å². The number of carbonyl (C=O) groups is 2. The third kappa shape index (κ3) is 22.7. The summed E-state index contributed by atoms with van der Waals surface area (Å²) in [7, 11) is 9.75. The van der Waals surface area contributed by atoms with Crippen LogP contribution in [0.25, 0.3) is 0 Å². The molecule has 0 saturated heterocycles. The molecule has 0 saturated carbocycles. The van der Waals surface area contributed by atoms with Crippen molar-refractivity contribution in [1.29, 1.82) is 0 Å². The third-order valence-corrected chi connectivity index (χ3v) is 3.40. The van der Waals surface area contributed by atoms with Crippen molar-refractivity contribution in [2.24, 2.45) is 0 Å². The minimum atomic E-state index is -0.717. The van der Waals surface area contributed by atoms with Gasteiger partial charge in [0.05, 0.1) is 0 Å². The molecule has 0 aliphatic rings. The van der Waals surface area contributed by atoms with Crippen molar-refractivity contribution in [3.63, 3.8) is 0 Å². The normalized spacial score (nSPS) is 8.76. The summed E-state index contributed by atoms with van der Waals surface area (Å²) in [5.74, 6) is -1.43. The molecule has 0 amide bonds. The molecule has 0 radical (unpaired) electrons. The van der Waals surface area contributed by atoms with E-state index in [1.165, 1.54) is 11.1 Å². The van der Waals surface area contributed by atoms with Gasteiger partial charge in [0.15, 0.2) is 0 Å². The topological polar surface area (TPSA) is 145 Å². The molecule has 2 aromatic rings. The van der Waals surface area contributed by atoms with Gasteiger partial charge in [-0.1, -0.05) is 60.7 Å². The second kappa shape index (κ2) is 22.9. The van der Waals surface area contributed by atoms with E-state index in [4.69, 9.17) is 29.0 Å². The fourth-order valence-electron chi connectivity index (χ4n) is 2.18. The number of hydrogen-bond donors (Lipinski definition) is 4. The van der Waals surface area contributed by atoms with E-state index in [0.29, 0.717) is 0 Å². The summed E-state index contributed by atoms with van der Waals surface area (Å²) in [5.41, 5.74) is 2.41. The van der Waals surface area contributed by atoms with Crippen LogP contribution in [0.15, 0.2) is 60.7 Å². The Kier molecular flexibility index (Phi) is 25.4. The number of benzene rings is 2. The first-order chi connectivity index (χ1) is 13.0. The zero-order valence-electron chi connectivity index (χ0n) is 16.2. The number of hydrogen-bond acceptors (Lipinski definition) is 4. The van der Waals surface area contributed by atoms with Crippen molar-refractivity contribution >= 4 is 30.8 Å². The predicted octanol–water partition coefficient (Wildman–Crippen LogP) is 5.89. The van der Waals surface area contributed by atoms with Crippen molar-refractivity contribution in [2.45, 2.75) is 38.5 Å². The molecule has 0 aliphatic heterocycles. The Morgan fingerprint density at radius 3 is 1.21 bits per heavy atom. The van der Waals surface area contributed by atoms with Gasteiger partial charge in [-0.25, -0.2) is 0 Å². The summed E-state index contributed by atoms with van der Waals surface area (Å²) in [6.07, 6.45) is 3.67. The van der Waals surface area contributed by atoms with Gasteiger partial charge in [-0.2, -0.15) is 0 Å². The predicted molar refractivity (Wildman–Crippen MR) is 116 cm³/mol. The minimum absolute atomic E-state index is 0. The molecule has 8 N–H and O–H groups in total. The Bertz CT molecular complexity index is 579. The molecule has 0 unspecified atom stereocenters. The molecule has 29 heavy (non-hydrogen) atoms. The van der Waals surface area contributed by atoms with Gasteiger partial charge in [-0.15, -0.1) is 0 Å². The monoisotopic (exact) mass is 627 g/mol. The van der Waals surface area contributed by atoms with E-state index < -0.39 is 28.4 Å². The van der Waals surface area contributed by atoms with Gasteiger partial charge in [0.1, 0.15) is 0 Å². The number of aliphatic carboxylic acids is 2. The van der Waals surface area contributed by atoms with E-state index in [1.54, 1.807) is 0 Å². The Morgan fingerprint density at radius 1 is 0.690 bits per heavy atom. The van der Waals surface area contributed by atoms with E-state index in [9.17, 15) is 9.59 Å². The fourth-order valence-corrected chi connectivity index (χ4v) is 2.18. The second-order valence-electron chi connectivity index (χ2n) is 5.51. The summed E-state index contributed by atoms with van der Waals surface area (Å²) >= 11 is -0.472. The second-order valence-corrected chi connectivity index (χ2v) is 8.79. The van der Waals surface area contributed by atoms with Gasteiger partial charge in [-0.05, 0) is 36.8 Å². The van der Waals surface area contributed by atoms with Gasteiger partial charge in [0.25, 0.3) is 0 Å². The SMILES string of the molecule is N.N.O=C(O)CCCc1ccccc1.O=C(O)CCCc1ccccc1.[Cl][Pt][Cl]. The van der Waals surface area contributed by atoms with E-state index >= 15 is 0 Å². The molecule has 168 valence electrons. The maximum absolute atomic E-state index is 10.2. The zero-order valence-corrected chi connectivity index (χ0v) is 20.0. The van der Waals surface area contributed by atoms with Crippen molar-refractivity contribution in [3.8, 4) is 0 Å². The molecule has 6 nitrogen and oxygen atoms in total. The summed E-state index contributed by atoms with van der Waals surface area (Å²) < 4.78 is 0. The van der Waals surface area contributed by atoms with E-state index in [2.05, 4.69) is 0 Å². The molecule has 2 aromatic carbocycles. The number of halogens is 2. The van der Waals surface area contributed by atoms with Crippen LogP contribution < -0.4 is 12.3 Å². The van der Waals surface area contributed by atoms with Crippen LogP contribution in [0.4, 0.5) is 0 Å². The summed E-state index contributed by atoms with van der Waals surface area (Å²) in [6, 6.07) is 19.9. The molecular weight excluding hydrogens is 598 g/mol. The van der Waals surface area contributed by atoms with Crippen LogP contribution in [-0.2, 0) is 38.9 Å².